The molecule has 78 valence electrons. The number of ether oxygens (including phenoxy) is 1. The molecule has 2 rings (SSSR count). The van der Waals surface area contributed by atoms with Gasteiger partial charge < -0.3 is 10.5 Å². The molecule has 0 spiro atoms. The molecule has 0 saturated carbocycles. The van der Waals surface area contributed by atoms with E-state index < -0.39 is 0 Å². The van der Waals surface area contributed by atoms with Crippen molar-refractivity contribution in [3.63, 3.8) is 0 Å². The summed E-state index contributed by atoms with van der Waals surface area (Å²) < 4.78 is 5.56. The molecule has 0 aliphatic rings. The number of rotatable bonds is 3. The van der Waals surface area contributed by atoms with E-state index >= 15 is 0 Å². The van der Waals surface area contributed by atoms with Crippen LogP contribution in [-0.2, 0) is 6.54 Å². The molecule has 0 radical (unpaired) electrons. The van der Waals surface area contributed by atoms with E-state index in [1.807, 2.05) is 11.4 Å². The van der Waals surface area contributed by atoms with Crippen molar-refractivity contribution >= 4 is 22.9 Å². The lowest BCUT2D eigenvalue weighted by Gasteiger charge is -2.07. The Labute approximate surface area is 96.5 Å². The van der Waals surface area contributed by atoms with Crippen LogP contribution in [0.4, 0.5) is 0 Å². The summed E-state index contributed by atoms with van der Waals surface area (Å²) in [5, 5.41) is 3.06. The molecule has 0 saturated heterocycles. The number of halogens is 1. The van der Waals surface area contributed by atoms with Gasteiger partial charge in [0, 0.05) is 28.7 Å². The highest BCUT2D eigenvalue weighted by molar-refractivity contribution is 7.11. The van der Waals surface area contributed by atoms with E-state index in [1.54, 1.807) is 18.3 Å². The first-order chi connectivity index (χ1) is 7.29. The van der Waals surface area contributed by atoms with Crippen molar-refractivity contribution in [3.8, 4) is 10.9 Å². The molecule has 0 aliphatic carbocycles. The van der Waals surface area contributed by atoms with Gasteiger partial charge in [-0.25, -0.2) is 4.98 Å². The van der Waals surface area contributed by atoms with E-state index in [9.17, 15) is 0 Å². The number of nitrogens with two attached hydrogens (primary N) is 1. The van der Waals surface area contributed by atoms with Crippen LogP contribution in [0.2, 0.25) is 5.02 Å². The van der Waals surface area contributed by atoms with Crippen LogP contribution in [0.3, 0.4) is 0 Å². The minimum Gasteiger partial charge on any atom is -0.431 e. The molecule has 5 heteroatoms. The van der Waals surface area contributed by atoms with Crippen LogP contribution < -0.4 is 10.5 Å². The standard InChI is InChI=1S/C10H9ClN2OS/c11-8-2-1-7(6-12)9(5-8)14-10-13-3-4-15-10/h1-5H,6,12H2. The predicted molar refractivity (Wildman–Crippen MR) is 61.5 cm³/mol. The zero-order chi connectivity index (χ0) is 10.7. The summed E-state index contributed by atoms with van der Waals surface area (Å²) in [6, 6.07) is 5.38. The summed E-state index contributed by atoms with van der Waals surface area (Å²) >= 11 is 7.30. The van der Waals surface area contributed by atoms with Crippen LogP contribution in [-0.4, -0.2) is 4.98 Å². The van der Waals surface area contributed by atoms with Gasteiger partial charge in [0.05, 0.1) is 0 Å². The van der Waals surface area contributed by atoms with Crippen LogP contribution in [0.1, 0.15) is 5.56 Å². The lowest BCUT2D eigenvalue weighted by Crippen LogP contribution is -1.99. The minimum absolute atomic E-state index is 0.415. The SMILES string of the molecule is NCc1ccc(Cl)cc1Oc1nccs1. The third-order valence-electron chi connectivity index (χ3n) is 1.86. The van der Waals surface area contributed by atoms with Gasteiger partial charge in [-0.15, -0.1) is 0 Å². The average molecular weight is 241 g/mol. The van der Waals surface area contributed by atoms with E-state index in [0.29, 0.717) is 22.5 Å². The maximum atomic E-state index is 5.88. The van der Waals surface area contributed by atoms with Crippen molar-refractivity contribution in [2.75, 3.05) is 0 Å². The fraction of sp³-hybridized carbons (Fsp3) is 0.100. The summed E-state index contributed by atoms with van der Waals surface area (Å²) in [4.78, 5) is 4.03. The Bertz CT molecular complexity index is 445. The van der Waals surface area contributed by atoms with Crippen molar-refractivity contribution in [2.24, 2.45) is 5.73 Å². The minimum atomic E-state index is 0.415. The highest BCUT2D eigenvalue weighted by Gasteiger charge is 2.05. The first kappa shape index (κ1) is 10.4. The molecule has 1 heterocycles. The van der Waals surface area contributed by atoms with Gasteiger partial charge in [-0.05, 0) is 12.1 Å². The predicted octanol–water partition coefficient (Wildman–Crippen LogP) is 3.05. The van der Waals surface area contributed by atoms with Gasteiger partial charge in [0.2, 0.25) is 0 Å². The monoisotopic (exact) mass is 240 g/mol. The molecular weight excluding hydrogens is 232 g/mol. The first-order valence-corrected chi connectivity index (χ1v) is 5.61. The highest BCUT2D eigenvalue weighted by Crippen LogP contribution is 2.29. The van der Waals surface area contributed by atoms with Gasteiger partial charge in [-0.1, -0.05) is 29.0 Å². The summed E-state index contributed by atoms with van der Waals surface area (Å²) in [6.45, 7) is 0.415. The van der Waals surface area contributed by atoms with E-state index in [4.69, 9.17) is 22.1 Å². The molecule has 1 aromatic heterocycles. The van der Waals surface area contributed by atoms with Crippen molar-refractivity contribution < 1.29 is 4.74 Å². The lowest BCUT2D eigenvalue weighted by atomic mass is 10.2. The van der Waals surface area contributed by atoms with Crippen molar-refractivity contribution in [1.29, 1.82) is 0 Å². The van der Waals surface area contributed by atoms with Crippen molar-refractivity contribution in [3.05, 3.63) is 40.4 Å². The Kier molecular flexibility index (Phi) is 3.20. The van der Waals surface area contributed by atoms with Crippen molar-refractivity contribution in [1.82, 2.24) is 4.98 Å². The average Bonchev–Trinajstić information content (AvgIpc) is 2.71. The fourth-order valence-electron chi connectivity index (χ4n) is 1.15. The number of hydrogen-bond donors (Lipinski definition) is 1. The van der Waals surface area contributed by atoms with Crippen LogP contribution in [0.15, 0.2) is 29.8 Å². The Balaban J connectivity index is 2.30. The third kappa shape index (κ3) is 2.47. The van der Waals surface area contributed by atoms with E-state index in [1.165, 1.54) is 11.3 Å². The smallest absolute Gasteiger partial charge is 0.278 e. The Morgan fingerprint density at radius 3 is 3.00 bits per heavy atom. The molecule has 1 aromatic carbocycles. The Morgan fingerprint density at radius 1 is 1.47 bits per heavy atom. The zero-order valence-corrected chi connectivity index (χ0v) is 9.39. The summed E-state index contributed by atoms with van der Waals surface area (Å²) in [6.07, 6.45) is 1.69. The first-order valence-electron chi connectivity index (χ1n) is 4.35. The number of benzene rings is 1. The molecule has 0 fully saturated rings. The largest absolute Gasteiger partial charge is 0.431 e. The summed E-state index contributed by atoms with van der Waals surface area (Å²) in [5.74, 6) is 0.667. The van der Waals surface area contributed by atoms with E-state index in [-0.39, 0.29) is 0 Å². The molecule has 0 aliphatic heterocycles. The molecule has 2 N–H and O–H groups in total. The van der Waals surface area contributed by atoms with Crippen LogP contribution >= 0.6 is 22.9 Å². The van der Waals surface area contributed by atoms with Crippen LogP contribution in [0.5, 0.6) is 10.9 Å². The third-order valence-corrected chi connectivity index (χ3v) is 2.74. The molecule has 15 heavy (non-hydrogen) atoms. The summed E-state index contributed by atoms with van der Waals surface area (Å²) in [7, 11) is 0. The number of aromatic nitrogens is 1. The van der Waals surface area contributed by atoms with E-state index in [2.05, 4.69) is 4.98 Å². The van der Waals surface area contributed by atoms with Crippen LogP contribution in [0.25, 0.3) is 0 Å². The number of thiazole rings is 1. The van der Waals surface area contributed by atoms with Gasteiger partial charge in [-0.3, -0.25) is 0 Å². The number of nitrogens with zero attached hydrogens (tertiary/aromatic N) is 1. The second-order valence-electron chi connectivity index (χ2n) is 2.86. The Hall–Kier alpha value is -1.10. The maximum Gasteiger partial charge on any atom is 0.278 e. The lowest BCUT2D eigenvalue weighted by molar-refractivity contribution is 0.473. The van der Waals surface area contributed by atoms with Gasteiger partial charge in [0.15, 0.2) is 0 Å². The molecule has 3 nitrogen and oxygen atoms in total. The molecule has 0 atom stereocenters. The van der Waals surface area contributed by atoms with Gasteiger partial charge in [-0.2, -0.15) is 0 Å². The van der Waals surface area contributed by atoms with Gasteiger partial charge in [0.1, 0.15) is 5.75 Å². The van der Waals surface area contributed by atoms with Gasteiger partial charge >= 0.3 is 0 Å². The quantitative estimate of drug-likeness (QED) is 0.897. The van der Waals surface area contributed by atoms with Crippen molar-refractivity contribution in [2.45, 2.75) is 6.54 Å². The molecule has 2 aromatic rings. The van der Waals surface area contributed by atoms with E-state index in [0.717, 1.165) is 5.56 Å². The topological polar surface area (TPSA) is 48.1 Å². The highest BCUT2D eigenvalue weighted by atomic mass is 35.5. The number of hydrogen-bond acceptors (Lipinski definition) is 4. The molecule has 0 bridgehead atoms. The zero-order valence-electron chi connectivity index (χ0n) is 7.81. The second-order valence-corrected chi connectivity index (χ2v) is 4.15. The second kappa shape index (κ2) is 4.61. The van der Waals surface area contributed by atoms with Crippen LogP contribution in [0, 0.1) is 0 Å². The molecular formula is C10H9ClN2OS. The Morgan fingerprint density at radius 2 is 2.33 bits per heavy atom. The normalized spacial score (nSPS) is 10.3. The fourth-order valence-corrected chi connectivity index (χ4v) is 1.81. The maximum absolute atomic E-state index is 5.88. The molecule has 0 amide bonds. The summed E-state index contributed by atoms with van der Waals surface area (Å²) in [5.41, 5.74) is 6.50. The molecule has 0 unspecified atom stereocenters. The van der Waals surface area contributed by atoms with Gasteiger partial charge in [0.25, 0.3) is 5.19 Å².